The van der Waals surface area contributed by atoms with Crippen LogP contribution in [0.3, 0.4) is 0 Å². The fraction of sp³-hybridized carbons (Fsp3) is 0.250. The number of carbonyl (C=O) groups is 1. The van der Waals surface area contributed by atoms with Gasteiger partial charge in [0.1, 0.15) is 17.3 Å². The third kappa shape index (κ3) is 4.93. The van der Waals surface area contributed by atoms with E-state index in [9.17, 15) is 9.59 Å². The summed E-state index contributed by atoms with van der Waals surface area (Å²) in [6.45, 7) is 5.78. The number of benzene rings is 2. The van der Waals surface area contributed by atoms with Gasteiger partial charge in [0.25, 0.3) is 0 Å². The maximum absolute atomic E-state index is 12.8. The van der Waals surface area contributed by atoms with Gasteiger partial charge in [-0.05, 0) is 50.1 Å². The van der Waals surface area contributed by atoms with E-state index in [4.69, 9.17) is 4.74 Å². The lowest BCUT2D eigenvalue weighted by Crippen LogP contribution is -2.34. The van der Waals surface area contributed by atoms with Crippen molar-refractivity contribution in [2.24, 2.45) is 0 Å². The molecule has 0 aliphatic heterocycles. The molecule has 8 nitrogen and oxygen atoms in total. The minimum absolute atomic E-state index is 0.186. The SMILES string of the molecule is COc1ccc(C(C)NC(=O)Cn2nc3c(Sc4ccc(C)cc4C)nccn3c2=O)cc1. The van der Waals surface area contributed by atoms with Gasteiger partial charge in [-0.1, -0.05) is 41.6 Å². The van der Waals surface area contributed by atoms with Gasteiger partial charge < -0.3 is 10.1 Å². The predicted octanol–water partition coefficient (Wildman–Crippen LogP) is 3.55. The van der Waals surface area contributed by atoms with Crippen LogP contribution in [0.25, 0.3) is 5.65 Å². The normalized spacial score (nSPS) is 12.0. The zero-order valence-electron chi connectivity index (χ0n) is 18.9. The molecule has 170 valence electrons. The molecule has 0 spiro atoms. The lowest BCUT2D eigenvalue weighted by Gasteiger charge is -2.14. The van der Waals surface area contributed by atoms with Crippen molar-refractivity contribution in [3.63, 3.8) is 0 Å². The lowest BCUT2D eigenvalue weighted by molar-refractivity contribution is -0.122. The maximum atomic E-state index is 12.8. The van der Waals surface area contributed by atoms with Gasteiger partial charge in [-0.2, -0.15) is 0 Å². The maximum Gasteiger partial charge on any atom is 0.350 e. The highest BCUT2D eigenvalue weighted by molar-refractivity contribution is 7.99. The first-order valence-electron chi connectivity index (χ1n) is 10.5. The first kappa shape index (κ1) is 22.6. The van der Waals surface area contributed by atoms with Crippen molar-refractivity contribution in [3.8, 4) is 5.75 Å². The Morgan fingerprint density at radius 1 is 1.18 bits per heavy atom. The molecule has 0 aliphatic carbocycles. The Hall–Kier alpha value is -3.59. The summed E-state index contributed by atoms with van der Waals surface area (Å²) in [6, 6.07) is 13.4. The van der Waals surface area contributed by atoms with Crippen molar-refractivity contribution in [3.05, 3.63) is 82.0 Å². The summed E-state index contributed by atoms with van der Waals surface area (Å²) in [4.78, 5) is 30.9. The number of rotatable bonds is 7. The van der Waals surface area contributed by atoms with Crippen LogP contribution in [-0.4, -0.2) is 32.2 Å². The lowest BCUT2D eigenvalue weighted by atomic mass is 10.1. The van der Waals surface area contributed by atoms with Gasteiger partial charge in [-0.25, -0.2) is 18.9 Å². The molecule has 1 unspecified atom stereocenters. The molecular formula is C24H25N5O3S. The average molecular weight is 464 g/mol. The Morgan fingerprint density at radius 2 is 1.94 bits per heavy atom. The molecular weight excluding hydrogens is 438 g/mol. The molecule has 33 heavy (non-hydrogen) atoms. The number of carbonyl (C=O) groups excluding carboxylic acids is 1. The molecule has 1 amide bonds. The second-order valence-electron chi connectivity index (χ2n) is 7.80. The number of methoxy groups -OCH3 is 1. The standard InChI is InChI=1S/C24H25N5O3S/c1-15-5-10-20(16(2)13-15)33-23-22-27-29(24(31)28(22)12-11-25-23)14-21(30)26-17(3)18-6-8-19(32-4)9-7-18/h5-13,17H,14H2,1-4H3,(H,26,30). The van der Waals surface area contributed by atoms with Gasteiger partial charge in [0.05, 0.1) is 13.2 Å². The van der Waals surface area contributed by atoms with Crippen LogP contribution in [0.4, 0.5) is 0 Å². The van der Waals surface area contributed by atoms with E-state index in [0.29, 0.717) is 10.7 Å². The van der Waals surface area contributed by atoms with Crippen molar-refractivity contribution >= 4 is 23.3 Å². The number of aryl methyl sites for hydroxylation is 2. The smallest absolute Gasteiger partial charge is 0.350 e. The van der Waals surface area contributed by atoms with Crippen molar-refractivity contribution in [1.82, 2.24) is 24.5 Å². The fourth-order valence-corrected chi connectivity index (χ4v) is 4.43. The molecule has 9 heteroatoms. The van der Waals surface area contributed by atoms with Crippen LogP contribution >= 0.6 is 11.8 Å². The summed E-state index contributed by atoms with van der Waals surface area (Å²) in [6.07, 6.45) is 3.13. The van der Waals surface area contributed by atoms with E-state index in [1.165, 1.54) is 26.4 Å². The summed E-state index contributed by atoms with van der Waals surface area (Å²) in [5.41, 5.74) is 3.27. The predicted molar refractivity (Wildman–Crippen MR) is 127 cm³/mol. The van der Waals surface area contributed by atoms with Crippen molar-refractivity contribution in [1.29, 1.82) is 0 Å². The van der Waals surface area contributed by atoms with E-state index in [1.807, 2.05) is 57.2 Å². The van der Waals surface area contributed by atoms with Gasteiger partial charge >= 0.3 is 5.69 Å². The number of hydrogen-bond donors (Lipinski definition) is 1. The molecule has 0 bridgehead atoms. The number of hydrogen-bond acceptors (Lipinski definition) is 6. The Labute approximate surface area is 195 Å². The number of fused-ring (bicyclic) bond motifs is 1. The highest BCUT2D eigenvalue weighted by Crippen LogP contribution is 2.31. The highest BCUT2D eigenvalue weighted by atomic mass is 32.2. The van der Waals surface area contributed by atoms with E-state index < -0.39 is 0 Å². The summed E-state index contributed by atoms with van der Waals surface area (Å²) in [5, 5.41) is 7.92. The van der Waals surface area contributed by atoms with Gasteiger partial charge in [-0.3, -0.25) is 4.79 Å². The Kier molecular flexibility index (Phi) is 6.50. The van der Waals surface area contributed by atoms with Crippen LogP contribution in [0.15, 0.2) is 69.6 Å². The first-order valence-corrected chi connectivity index (χ1v) is 11.3. The molecule has 4 aromatic rings. The van der Waals surface area contributed by atoms with Gasteiger partial charge in [0, 0.05) is 17.3 Å². The third-order valence-corrected chi connectivity index (χ3v) is 6.45. The summed E-state index contributed by atoms with van der Waals surface area (Å²) < 4.78 is 7.75. The number of ether oxygens (including phenoxy) is 1. The number of nitrogens with one attached hydrogen (secondary N) is 1. The third-order valence-electron chi connectivity index (χ3n) is 5.29. The second-order valence-corrected chi connectivity index (χ2v) is 8.83. The Bertz CT molecular complexity index is 1360. The molecule has 0 fully saturated rings. The second kappa shape index (κ2) is 9.50. The van der Waals surface area contributed by atoms with Gasteiger partial charge in [0.15, 0.2) is 5.65 Å². The van der Waals surface area contributed by atoms with Crippen LogP contribution in [-0.2, 0) is 11.3 Å². The van der Waals surface area contributed by atoms with Gasteiger partial charge in [0.2, 0.25) is 5.91 Å². The Balaban J connectivity index is 1.53. The van der Waals surface area contributed by atoms with E-state index in [0.717, 1.165) is 21.8 Å². The molecule has 2 aromatic heterocycles. The molecule has 2 heterocycles. The van der Waals surface area contributed by atoms with Crippen LogP contribution in [0, 0.1) is 13.8 Å². The highest BCUT2D eigenvalue weighted by Gasteiger charge is 2.17. The van der Waals surface area contributed by atoms with Crippen LogP contribution in [0.5, 0.6) is 5.75 Å². The first-order chi connectivity index (χ1) is 15.9. The number of aromatic nitrogens is 4. The van der Waals surface area contributed by atoms with E-state index in [-0.39, 0.29) is 24.2 Å². The van der Waals surface area contributed by atoms with Crippen molar-refractivity contribution in [2.45, 2.75) is 43.3 Å². The quantitative estimate of drug-likeness (QED) is 0.451. The number of amides is 1. The van der Waals surface area contributed by atoms with E-state index in [2.05, 4.69) is 21.5 Å². The average Bonchev–Trinajstić information content (AvgIpc) is 3.11. The minimum atomic E-state index is -0.387. The molecule has 0 aliphatic rings. The zero-order chi connectivity index (χ0) is 23.5. The summed E-state index contributed by atoms with van der Waals surface area (Å²) in [7, 11) is 1.61. The topological polar surface area (TPSA) is 90.5 Å². The van der Waals surface area contributed by atoms with Gasteiger partial charge in [-0.15, -0.1) is 5.10 Å². The zero-order valence-corrected chi connectivity index (χ0v) is 19.7. The van der Waals surface area contributed by atoms with E-state index in [1.54, 1.807) is 19.5 Å². The summed E-state index contributed by atoms with van der Waals surface area (Å²) >= 11 is 1.45. The van der Waals surface area contributed by atoms with Crippen molar-refractivity contribution < 1.29 is 9.53 Å². The fourth-order valence-electron chi connectivity index (χ4n) is 3.52. The number of nitrogens with zero attached hydrogens (tertiary/aromatic N) is 4. The largest absolute Gasteiger partial charge is 0.497 e. The molecule has 1 N–H and O–H groups in total. The molecule has 4 rings (SSSR count). The molecule has 2 aromatic carbocycles. The monoisotopic (exact) mass is 463 g/mol. The van der Waals surface area contributed by atoms with E-state index >= 15 is 0 Å². The minimum Gasteiger partial charge on any atom is -0.497 e. The molecule has 1 atom stereocenters. The van der Waals surface area contributed by atoms with Crippen LogP contribution in [0.2, 0.25) is 0 Å². The van der Waals surface area contributed by atoms with Crippen LogP contribution in [0.1, 0.15) is 29.7 Å². The van der Waals surface area contributed by atoms with Crippen molar-refractivity contribution in [2.75, 3.05) is 7.11 Å². The molecule has 0 saturated carbocycles. The summed E-state index contributed by atoms with van der Waals surface area (Å²) in [5.74, 6) is 0.442. The van der Waals surface area contributed by atoms with Crippen LogP contribution < -0.4 is 15.7 Å². The molecule has 0 saturated heterocycles. The molecule has 0 radical (unpaired) electrons. The Morgan fingerprint density at radius 3 is 2.64 bits per heavy atom.